The van der Waals surface area contributed by atoms with Crippen molar-refractivity contribution in [2.45, 2.75) is 31.3 Å². The normalized spacial score (nSPS) is 18.7. The third-order valence-corrected chi connectivity index (χ3v) is 2.93. The standard InChI is InChI=1S/C11H19NO5/c1-12(9(13)2-3-10(14)15)8-11(16)4-6-17-7-5-11/h16H,2-8H2,1H3,(H,14,15). The molecule has 1 aliphatic rings. The molecule has 0 aliphatic carbocycles. The summed E-state index contributed by atoms with van der Waals surface area (Å²) in [4.78, 5) is 23.3. The monoisotopic (exact) mass is 245 g/mol. The number of amides is 1. The highest BCUT2D eigenvalue weighted by molar-refractivity contribution is 5.80. The van der Waals surface area contributed by atoms with E-state index in [9.17, 15) is 14.7 Å². The lowest BCUT2D eigenvalue weighted by molar-refractivity contribution is -0.142. The average Bonchev–Trinajstić information content (AvgIpc) is 2.26. The molecule has 0 bridgehead atoms. The largest absolute Gasteiger partial charge is 0.481 e. The van der Waals surface area contributed by atoms with Crippen LogP contribution in [0.4, 0.5) is 0 Å². The molecule has 1 amide bonds. The molecule has 1 fully saturated rings. The van der Waals surface area contributed by atoms with E-state index in [0.29, 0.717) is 26.1 Å². The Labute approximate surface area is 100 Å². The Balaban J connectivity index is 2.38. The molecule has 0 radical (unpaired) electrons. The third kappa shape index (κ3) is 4.70. The van der Waals surface area contributed by atoms with Crippen LogP contribution in [0.1, 0.15) is 25.7 Å². The van der Waals surface area contributed by atoms with Crippen molar-refractivity contribution in [3.05, 3.63) is 0 Å². The van der Waals surface area contributed by atoms with E-state index in [4.69, 9.17) is 9.84 Å². The predicted octanol–water partition coefficient (Wildman–Crippen LogP) is -0.149. The summed E-state index contributed by atoms with van der Waals surface area (Å²) in [6.07, 6.45) is 0.802. The van der Waals surface area contributed by atoms with E-state index in [1.54, 1.807) is 7.05 Å². The van der Waals surface area contributed by atoms with Crippen LogP contribution in [0.2, 0.25) is 0 Å². The van der Waals surface area contributed by atoms with Gasteiger partial charge >= 0.3 is 5.97 Å². The molecule has 6 heteroatoms. The molecule has 0 aromatic rings. The first-order valence-corrected chi connectivity index (χ1v) is 5.69. The maximum absolute atomic E-state index is 11.6. The van der Waals surface area contributed by atoms with Gasteiger partial charge in [0.15, 0.2) is 0 Å². The Morgan fingerprint density at radius 3 is 2.41 bits per heavy atom. The van der Waals surface area contributed by atoms with Crippen LogP contribution in [-0.4, -0.2) is 59.4 Å². The molecule has 0 aromatic heterocycles. The maximum Gasteiger partial charge on any atom is 0.303 e. The lowest BCUT2D eigenvalue weighted by Crippen LogP contribution is -2.47. The molecule has 0 saturated carbocycles. The number of carboxylic acid groups (broad SMARTS) is 1. The summed E-state index contributed by atoms with van der Waals surface area (Å²) >= 11 is 0. The van der Waals surface area contributed by atoms with Crippen molar-refractivity contribution < 1.29 is 24.5 Å². The van der Waals surface area contributed by atoms with Crippen LogP contribution in [0.3, 0.4) is 0 Å². The fourth-order valence-electron chi connectivity index (χ4n) is 1.84. The van der Waals surface area contributed by atoms with Gasteiger partial charge in [-0.15, -0.1) is 0 Å². The van der Waals surface area contributed by atoms with Gasteiger partial charge in [0, 0.05) is 46.1 Å². The summed E-state index contributed by atoms with van der Waals surface area (Å²) in [7, 11) is 1.58. The van der Waals surface area contributed by atoms with Crippen LogP contribution < -0.4 is 0 Å². The number of likely N-dealkylation sites (N-methyl/N-ethyl adjacent to an activating group) is 1. The van der Waals surface area contributed by atoms with Crippen LogP contribution in [0, 0.1) is 0 Å². The van der Waals surface area contributed by atoms with Gasteiger partial charge in [-0.05, 0) is 0 Å². The smallest absolute Gasteiger partial charge is 0.303 e. The first kappa shape index (κ1) is 13.9. The summed E-state index contributed by atoms with van der Waals surface area (Å²) in [5.41, 5.74) is -0.897. The molecule has 1 rings (SSSR count). The molecule has 0 atom stereocenters. The zero-order chi connectivity index (χ0) is 12.9. The van der Waals surface area contributed by atoms with E-state index >= 15 is 0 Å². The minimum atomic E-state index is -0.989. The number of carboxylic acids is 1. The number of hydrogen-bond acceptors (Lipinski definition) is 4. The highest BCUT2D eigenvalue weighted by atomic mass is 16.5. The second-order valence-electron chi connectivity index (χ2n) is 4.48. The number of hydrogen-bond donors (Lipinski definition) is 2. The van der Waals surface area contributed by atoms with Gasteiger partial charge < -0.3 is 19.8 Å². The Bertz CT molecular complexity index is 286. The summed E-state index contributed by atoms with van der Waals surface area (Å²) in [5, 5.41) is 18.7. The molecule has 0 spiro atoms. The van der Waals surface area contributed by atoms with Gasteiger partial charge in [-0.3, -0.25) is 9.59 Å². The van der Waals surface area contributed by atoms with Crippen molar-refractivity contribution in [1.29, 1.82) is 0 Å². The Hall–Kier alpha value is -1.14. The quantitative estimate of drug-likeness (QED) is 0.703. The highest BCUT2D eigenvalue weighted by Crippen LogP contribution is 2.21. The SMILES string of the molecule is CN(CC1(O)CCOCC1)C(=O)CCC(=O)O. The second kappa shape index (κ2) is 5.97. The fourth-order valence-corrected chi connectivity index (χ4v) is 1.84. The number of aliphatic carboxylic acids is 1. The fraction of sp³-hybridized carbons (Fsp3) is 0.818. The van der Waals surface area contributed by atoms with Crippen LogP contribution in [0.25, 0.3) is 0 Å². The van der Waals surface area contributed by atoms with Gasteiger partial charge in [0.25, 0.3) is 0 Å². The van der Waals surface area contributed by atoms with E-state index in [2.05, 4.69) is 0 Å². The third-order valence-electron chi connectivity index (χ3n) is 2.93. The van der Waals surface area contributed by atoms with Crippen LogP contribution in [-0.2, 0) is 14.3 Å². The zero-order valence-corrected chi connectivity index (χ0v) is 10.0. The van der Waals surface area contributed by atoms with Gasteiger partial charge in [-0.2, -0.15) is 0 Å². The number of rotatable bonds is 5. The van der Waals surface area contributed by atoms with Crippen molar-refractivity contribution in [3.8, 4) is 0 Å². The number of carbonyl (C=O) groups is 2. The Morgan fingerprint density at radius 2 is 1.88 bits per heavy atom. The molecule has 1 aliphatic heterocycles. The zero-order valence-electron chi connectivity index (χ0n) is 10.0. The summed E-state index contributed by atoms with van der Waals surface area (Å²) in [6.45, 7) is 1.22. The van der Waals surface area contributed by atoms with E-state index in [1.165, 1.54) is 4.90 Å². The maximum atomic E-state index is 11.6. The van der Waals surface area contributed by atoms with Crippen LogP contribution in [0.5, 0.6) is 0 Å². The molecule has 6 nitrogen and oxygen atoms in total. The molecule has 1 heterocycles. The number of nitrogens with zero attached hydrogens (tertiary/aromatic N) is 1. The number of aliphatic hydroxyl groups is 1. The van der Waals surface area contributed by atoms with E-state index in [0.717, 1.165) is 0 Å². The molecule has 17 heavy (non-hydrogen) atoms. The van der Waals surface area contributed by atoms with Crippen molar-refractivity contribution in [3.63, 3.8) is 0 Å². The molecule has 98 valence electrons. The van der Waals surface area contributed by atoms with Gasteiger partial charge in [0.1, 0.15) is 0 Å². The van der Waals surface area contributed by atoms with Crippen molar-refractivity contribution in [2.24, 2.45) is 0 Å². The van der Waals surface area contributed by atoms with Gasteiger partial charge in [-0.25, -0.2) is 0 Å². The number of ether oxygens (including phenoxy) is 1. The van der Waals surface area contributed by atoms with Gasteiger partial charge in [0.2, 0.25) is 5.91 Å². The van der Waals surface area contributed by atoms with Crippen molar-refractivity contribution in [1.82, 2.24) is 4.90 Å². The Morgan fingerprint density at radius 1 is 1.29 bits per heavy atom. The summed E-state index contributed by atoms with van der Waals surface area (Å²) < 4.78 is 5.14. The Kier molecular flexibility index (Phi) is 4.89. The first-order chi connectivity index (χ1) is 7.93. The molecule has 0 aromatic carbocycles. The second-order valence-corrected chi connectivity index (χ2v) is 4.48. The van der Waals surface area contributed by atoms with Crippen molar-refractivity contribution in [2.75, 3.05) is 26.8 Å². The molecular weight excluding hydrogens is 226 g/mol. The average molecular weight is 245 g/mol. The van der Waals surface area contributed by atoms with E-state index in [1.807, 2.05) is 0 Å². The van der Waals surface area contributed by atoms with Crippen LogP contribution in [0.15, 0.2) is 0 Å². The van der Waals surface area contributed by atoms with Crippen LogP contribution >= 0.6 is 0 Å². The topological polar surface area (TPSA) is 87.1 Å². The minimum Gasteiger partial charge on any atom is -0.481 e. The predicted molar refractivity (Wildman–Crippen MR) is 59.5 cm³/mol. The molecule has 1 saturated heterocycles. The van der Waals surface area contributed by atoms with E-state index < -0.39 is 11.6 Å². The minimum absolute atomic E-state index is 0.0294. The molecule has 2 N–H and O–H groups in total. The lowest BCUT2D eigenvalue weighted by Gasteiger charge is -2.35. The molecular formula is C11H19NO5. The van der Waals surface area contributed by atoms with E-state index in [-0.39, 0.29) is 25.3 Å². The highest BCUT2D eigenvalue weighted by Gasteiger charge is 2.32. The summed E-state index contributed by atoms with van der Waals surface area (Å²) in [6, 6.07) is 0. The lowest BCUT2D eigenvalue weighted by atomic mass is 9.94. The van der Waals surface area contributed by atoms with Gasteiger partial charge in [0.05, 0.1) is 12.0 Å². The summed E-state index contributed by atoms with van der Waals surface area (Å²) in [5.74, 6) is -1.25. The van der Waals surface area contributed by atoms with Gasteiger partial charge in [-0.1, -0.05) is 0 Å². The first-order valence-electron chi connectivity index (χ1n) is 5.69. The molecule has 0 unspecified atom stereocenters. The number of carbonyl (C=O) groups excluding carboxylic acids is 1. The van der Waals surface area contributed by atoms with Crippen molar-refractivity contribution >= 4 is 11.9 Å².